The summed E-state index contributed by atoms with van der Waals surface area (Å²) < 4.78 is 0. The van der Waals surface area contributed by atoms with E-state index in [1.807, 2.05) is 0 Å². The first kappa shape index (κ1) is 16.1. The number of Topliss-reactive ketones (excluding diaryl/α,β-unsaturated/α-hetero) is 1. The van der Waals surface area contributed by atoms with E-state index in [0.717, 1.165) is 68.6 Å². The van der Waals surface area contributed by atoms with Gasteiger partial charge in [0.1, 0.15) is 5.78 Å². The van der Waals surface area contributed by atoms with E-state index in [0.29, 0.717) is 11.7 Å². The molecule has 4 rings (SSSR count). The van der Waals surface area contributed by atoms with Crippen molar-refractivity contribution in [1.82, 2.24) is 0 Å². The molecule has 1 N–H and O–H groups in total. The second-order valence-corrected chi connectivity index (χ2v) is 9.57. The Bertz CT molecular complexity index is 486. The molecule has 0 amide bonds. The van der Waals surface area contributed by atoms with Gasteiger partial charge in [0.2, 0.25) is 0 Å². The van der Waals surface area contributed by atoms with Crippen LogP contribution in [-0.2, 0) is 4.79 Å². The van der Waals surface area contributed by atoms with Crippen LogP contribution in [0.2, 0.25) is 0 Å². The summed E-state index contributed by atoms with van der Waals surface area (Å²) in [5.41, 5.74) is -0.346. The molecule has 0 radical (unpaired) electrons. The lowest BCUT2D eigenvalue weighted by atomic mass is 9.49. The Hall–Kier alpha value is -0.370. The largest absolute Gasteiger partial charge is 0.390 e. The van der Waals surface area contributed by atoms with Gasteiger partial charge in [-0.2, -0.15) is 0 Å². The van der Waals surface area contributed by atoms with Gasteiger partial charge >= 0.3 is 0 Å². The molecule has 4 aliphatic carbocycles. The van der Waals surface area contributed by atoms with Crippen molar-refractivity contribution in [1.29, 1.82) is 0 Å². The lowest BCUT2D eigenvalue weighted by Crippen LogP contribution is -2.51. The zero-order valence-electron chi connectivity index (χ0n) is 15.0. The summed E-state index contributed by atoms with van der Waals surface area (Å²) in [6.45, 7) is 4.47. The molecule has 0 saturated heterocycles. The molecule has 2 heteroatoms. The highest BCUT2D eigenvalue weighted by atomic mass is 16.3. The molecule has 2 nitrogen and oxygen atoms in total. The van der Waals surface area contributed by atoms with E-state index in [2.05, 4.69) is 13.8 Å². The third-order valence-electron chi connectivity index (χ3n) is 8.53. The number of hydrogen-bond acceptors (Lipinski definition) is 2. The average Bonchev–Trinajstić information content (AvgIpc) is 2.82. The number of fused-ring (bicyclic) bond motifs is 5. The summed E-state index contributed by atoms with van der Waals surface area (Å²) >= 11 is 0. The molecule has 4 aliphatic rings. The zero-order valence-corrected chi connectivity index (χ0v) is 15.0. The van der Waals surface area contributed by atoms with E-state index < -0.39 is 0 Å². The number of rotatable bonds is 2. The second kappa shape index (κ2) is 5.58. The van der Waals surface area contributed by atoms with Crippen LogP contribution < -0.4 is 0 Å². The van der Waals surface area contributed by atoms with Gasteiger partial charge in [-0.3, -0.25) is 4.79 Å². The number of carbonyl (C=O) groups is 1. The lowest BCUT2D eigenvalue weighted by Gasteiger charge is -2.56. The predicted octanol–water partition coefficient (Wildman–Crippen LogP) is 4.74. The van der Waals surface area contributed by atoms with Crippen LogP contribution in [0, 0.1) is 35.0 Å². The van der Waals surface area contributed by atoms with E-state index in [9.17, 15) is 9.90 Å². The van der Waals surface area contributed by atoms with E-state index in [1.165, 1.54) is 25.7 Å². The highest BCUT2D eigenvalue weighted by molar-refractivity contribution is 5.87. The van der Waals surface area contributed by atoms with E-state index in [-0.39, 0.29) is 11.0 Å². The van der Waals surface area contributed by atoms with Gasteiger partial charge in [0.05, 0.1) is 5.60 Å². The SMILES string of the molecule is CCC[C@@]1(O)CCC2[C@@H](CC[C@@H]3[C@@H]2CC[C@]2(C)C(=O)CC[C@@H]32)C1. The van der Waals surface area contributed by atoms with Gasteiger partial charge in [-0.15, -0.1) is 0 Å². The molecule has 0 heterocycles. The van der Waals surface area contributed by atoms with Crippen LogP contribution in [0.1, 0.15) is 84.5 Å². The Balaban J connectivity index is 1.51. The second-order valence-electron chi connectivity index (χ2n) is 9.57. The molecule has 4 fully saturated rings. The fraction of sp³-hybridized carbons (Fsp3) is 0.952. The van der Waals surface area contributed by atoms with Crippen LogP contribution in [0.25, 0.3) is 0 Å². The average molecular weight is 319 g/mol. The molecule has 0 aliphatic heterocycles. The minimum Gasteiger partial charge on any atom is -0.390 e. The third kappa shape index (κ3) is 2.42. The summed E-state index contributed by atoms with van der Waals surface area (Å²) in [6.07, 6.45) is 12.4. The van der Waals surface area contributed by atoms with Crippen molar-refractivity contribution >= 4 is 5.78 Å². The van der Waals surface area contributed by atoms with Gasteiger partial charge in [0.15, 0.2) is 0 Å². The van der Waals surface area contributed by atoms with Gasteiger partial charge in [0, 0.05) is 11.8 Å². The fourth-order valence-corrected chi connectivity index (χ4v) is 7.43. The topological polar surface area (TPSA) is 37.3 Å². The first-order valence-electron chi connectivity index (χ1n) is 10.2. The van der Waals surface area contributed by atoms with Gasteiger partial charge in [0.25, 0.3) is 0 Å². The molecule has 7 atom stereocenters. The predicted molar refractivity (Wildman–Crippen MR) is 92.0 cm³/mol. The zero-order chi connectivity index (χ0) is 16.2. The van der Waals surface area contributed by atoms with Gasteiger partial charge in [-0.05, 0) is 87.4 Å². The molecule has 0 aromatic heterocycles. The fourth-order valence-electron chi connectivity index (χ4n) is 7.43. The van der Waals surface area contributed by atoms with Crippen LogP contribution in [0.4, 0.5) is 0 Å². The summed E-state index contributed by atoms with van der Waals surface area (Å²) in [7, 11) is 0. The molecule has 4 saturated carbocycles. The minimum atomic E-state index is -0.366. The lowest BCUT2D eigenvalue weighted by molar-refractivity contribution is -0.135. The highest BCUT2D eigenvalue weighted by Crippen LogP contribution is 2.62. The van der Waals surface area contributed by atoms with Crippen molar-refractivity contribution in [2.45, 2.75) is 90.1 Å². The Labute approximate surface area is 141 Å². The molecule has 23 heavy (non-hydrogen) atoms. The van der Waals surface area contributed by atoms with Crippen LogP contribution in [0.5, 0.6) is 0 Å². The maximum atomic E-state index is 12.4. The molecular formula is C21H34O2. The Morgan fingerprint density at radius 1 is 1.04 bits per heavy atom. The van der Waals surface area contributed by atoms with Gasteiger partial charge in [-0.25, -0.2) is 0 Å². The molecule has 130 valence electrons. The van der Waals surface area contributed by atoms with E-state index in [1.54, 1.807) is 0 Å². The maximum absolute atomic E-state index is 12.4. The monoisotopic (exact) mass is 318 g/mol. The highest BCUT2D eigenvalue weighted by Gasteiger charge is 2.57. The first-order chi connectivity index (χ1) is 11.0. The smallest absolute Gasteiger partial charge is 0.139 e. The third-order valence-corrected chi connectivity index (χ3v) is 8.53. The summed E-state index contributed by atoms with van der Waals surface area (Å²) in [5, 5.41) is 10.9. The van der Waals surface area contributed by atoms with Crippen LogP contribution >= 0.6 is 0 Å². The first-order valence-corrected chi connectivity index (χ1v) is 10.2. The Morgan fingerprint density at radius 2 is 1.83 bits per heavy atom. The standard InChI is InChI=1S/C21H34O2/c1-3-10-21(23)12-9-15-14(13-21)4-5-17-16(15)8-11-20(2)18(17)6-7-19(20)22/h14-18,23H,3-13H2,1-2H3/t14-,15?,16+,17+,18-,20-,21+/m0/s1. The summed E-state index contributed by atoms with van der Waals surface area (Å²) in [4.78, 5) is 12.4. The molecule has 0 bridgehead atoms. The summed E-state index contributed by atoms with van der Waals surface area (Å²) in [5.74, 6) is 4.48. The quantitative estimate of drug-likeness (QED) is 0.798. The number of ketones is 1. The molecule has 1 unspecified atom stereocenters. The summed E-state index contributed by atoms with van der Waals surface area (Å²) in [6, 6.07) is 0. The number of carbonyl (C=O) groups excluding carboxylic acids is 1. The van der Waals surface area contributed by atoms with Crippen molar-refractivity contribution in [2.75, 3.05) is 0 Å². The molecule has 0 aromatic rings. The minimum absolute atomic E-state index is 0.0195. The molecule has 0 aromatic carbocycles. The van der Waals surface area contributed by atoms with Crippen LogP contribution in [0.15, 0.2) is 0 Å². The van der Waals surface area contributed by atoms with Crippen molar-refractivity contribution in [3.63, 3.8) is 0 Å². The van der Waals surface area contributed by atoms with Crippen LogP contribution in [0.3, 0.4) is 0 Å². The molecular weight excluding hydrogens is 284 g/mol. The normalized spacial score (nSPS) is 52.7. The number of aliphatic hydroxyl groups is 1. The van der Waals surface area contributed by atoms with Crippen molar-refractivity contribution < 1.29 is 9.90 Å². The Kier molecular flexibility index (Phi) is 3.91. The van der Waals surface area contributed by atoms with Crippen LogP contribution in [-0.4, -0.2) is 16.5 Å². The van der Waals surface area contributed by atoms with Crippen molar-refractivity contribution in [3.05, 3.63) is 0 Å². The van der Waals surface area contributed by atoms with Gasteiger partial charge < -0.3 is 5.11 Å². The Morgan fingerprint density at radius 3 is 2.61 bits per heavy atom. The maximum Gasteiger partial charge on any atom is 0.139 e. The van der Waals surface area contributed by atoms with E-state index >= 15 is 0 Å². The molecule has 0 spiro atoms. The van der Waals surface area contributed by atoms with E-state index in [4.69, 9.17) is 0 Å². The number of hydrogen-bond donors (Lipinski definition) is 1. The van der Waals surface area contributed by atoms with Gasteiger partial charge in [-0.1, -0.05) is 20.3 Å². The van der Waals surface area contributed by atoms with Crippen molar-refractivity contribution in [3.8, 4) is 0 Å². The van der Waals surface area contributed by atoms with Crippen molar-refractivity contribution in [2.24, 2.45) is 35.0 Å².